The van der Waals surface area contributed by atoms with Gasteiger partial charge < -0.3 is 9.88 Å². The molecule has 1 heterocycles. The summed E-state index contributed by atoms with van der Waals surface area (Å²) in [5.74, 6) is 0.926. The smallest absolute Gasteiger partial charge is 0.146 e. The van der Waals surface area contributed by atoms with Crippen molar-refractivity contribution in [2.45, 2.75) is 19.5 Å². The van der Waals surface area contributed by atoms with Gasteiger partial charge in [0.1, 0.15) is 12.2 Å². The third-order valence-electron chi connectivity index (χ3n) is 2.80. The normalized spacial score (nSPS) is 12.7. The number of aromatic nitrogens is 3. The van der Waals surface area contributed by atoms with Crippen molar-refractivity contribution in [1.29, 1.82) is 0 Å². The van der Waals surface area contributed by atoms with Gasteiger partial charge in [-0.3, -0.25) is 0 Å². The van der Waals surface area contributed by atoms with Gasteiger partial charge in [-0.15, -0.1) is 10.2 Å². The molecule has 0 aliphatic heterocycles. The Balaban J connectivity index is 2.03. The van der Waals surface area contributed by atoms with Crippen LogP contribution in [0.5, 0.6) is 0 Å². The van der Waals surface area contributed by atoms with Crippen LogP contribution in [-0.4, -0.2) is 14.8 Å². The van der Waals surface area contributed by atoms with Crippen LogP contribution in [-0.2, 0) is 13.6 Å². The Hall–Kier alpha value is -0.720. The number of hydrogen-bond donors (Lipinski definition) is 1. The molecule has 0 fully saturated rings. The quantitative estimate of drug-likeness (QED) is 0.894. The zero-order valence-corrected chi connectivity index (χ0v) is 13.4. The van der Waals surface area contributed by atoms with E-state index in [9.17, 15) is 0 Å². The van der Waals surface area contributed by atoms with Crippen molar-refractivity contribution in [2.24, 2.45) is 7.05 Å². The summed E-state index contributed by atoms with van der Waals surface area (Å²) in [6.07, 6.45) is 1.71. The summed E-state index contributed by atoms with van der Waals surface area (Å²) in [5.41, 5.74) is 1.22. The molecular formula is C12H14Br2N4. The molecule has 1 aromatic carbocycles. The van der Waals surface area contributed by atoms with E-state index < -0.39 is 0 Å². The van der Waals surface area contributed by atoms with E-state index in [1.165, 1.54) is 5.56 Å². The Morgan fingerprint density at radius 2 is 2.17 bits per heavy atom. The Bertz CT molecular complexity index is 539. The summed E-state index contributed by atoms with van der Waals surface area (Å²) >= 11 is 7.03. The van der Waals surface area contributed by atoms with Crippen LogP contribution in [0.4, 0.5) is 0 Å². The van der Waals surface area contributed by atoms with Gasteiger partial charge in [-0.2, -0.15) is 0 Å². The fraction of sp³-hybridized carbons (Fsp3) is 0.333. The van der Waals surface area contributed by atoms with Crippen LogP contribution in [0, 0.1) is 0 Å². The number of hydrogen-bond acceptors (Lipinski definition) is 3. The summed E-state index contributed by atoms with van der Waals surface area (Å²) < 4.78 is 4.07. The molecule has 4 nitrogen and oxygen atoms in total. The molecule has 96 valence electrons. The van der Waals surface area contributed by atoms with E-state index in [0.717, 1.165) is 14.8 Å². The van der Waals surface area contributed by atoms with Gasteiger partial charge in [-0.1, -0.05) is 37.9 Å². The molecule has 0 radical (unpaired) electrons. The van der Waals surface area contributed by atoms with Gasteiger partial charge in [0, 0.05) is 22.0 Å². The van der Waals surface area contributed by atoms with Gasteiger partial charge in [0.05, 0.1) is 6.54 Å². The second kappa shape index (κ2) is 5.95. The Labute approximate surface area is 123 Å². The zero-order valence-electron chi connectivity index (χ0n) is 10.2. The minimum Gasteiger partial charge on any atom is -0.320 e. The van der Waals surface area contributed by atoms with Crippen LogP contribution in [0.15, 0.2) is 33.5 Å². The second-order valence-electron chi connectivity index (χ2n) is 4.13. The topological polar surface area (TPSA) is 42.7 Å². The van der Waals surface area contributed by atoms with Crippen molar-refractivity contribution >= 4 is 31.9 Å². The largest absolute Gasteiger partial charge is 0.320 e. The standard InChI is InChI=1S/C12H14Br2N4/c1-8(10-4-3-9(13)5-11(10)14)15-6-12-17-16-7-18(12)2/h3-5,7-8,15H,6H2,1-2H3. The number of nitrogens with one attached hydrogen (secondary N) is 1. The molecule has 2 rings (SSSR count). The minimum atomic E-state index is 0.240. The highest BCUT2D eigenvalue weighted by Gasteiger charge is 2.10. The lowest BCUT2D eigenvalue weighted by Crippen LogP contribution is -2.20. The Morgan fingerprint density at radius 3 is 2.78 bits per heavy atom. The summed E-state index contributed by atoms with van der Waals surface area (Å²) in [7, 11) is 1.94. The van der Waals surface area contributed by atoms with Crippen molar-refractivity contribution in [1.82, 2.24) is 20.1 Å². The summed E-state index contributed by atoms with van der Waals surface area (Å²) in [6.45, 7) is 2.82. The SMILES string of the molecule is CC(NCc1nncn1C)c1ccc(Br)cc1Br. The first-order valence-corrected chi connectivity index (χ1v) is 7.17. The molecule has 1 unspecified atom stereocenters. The van der Waals surface area contributed by atoms with Gasteiger partial charge in [-0.25, -0.2) is 0 Å². The summed E-state index contributed by atoms with van der Waals surface area (Å²) in [4.78, 5) is 0. The predicted molar refractivity (Wildman–Crippen MR) is 78.1 cm³/mol. The van der Waals surface area contributed by atoms with E-state index in [1.54, 1.807) is 6.33 Å². The molecule has 1 N–H and O–H groups in total. The molecule has 0 saturated carbocycles. The Morgan fingerprint density at radius 1 is 1.39 bits per heavy atom. The van der Waals surface area contributed by atoms with Gasteiger partial charge in [0.2, 0.25) is 0 Å². The van der Waals surface area contributed by atoms with Crippen LogP contribution in [0.3, 0.4) is 0 Å². The number of aryl methyl sites for hydroxylation is 1. The lowest BCUT2D eigenvalue weighted by atomic mass is 10.1. The number of halogens is 2. The first kappa shape index (κ1) is 13.7. The number of rotatable bonds is 4. The average molecular weight is 374 g/mol. The van der Waals surface area contributed by atoms with Gasteiger partial charge >= 0.3 is 0 Å². The van der Waals surface area contributed by atoms with Gasteiger partial charge in [0.25, 0.3) is 0 Å². The molecule has 0 aliphatic rings. The van der Waals surface area contributed by atoms with Gasteiger partial charge in [0.15, 0.2) is 0 Å². The van der Waals surface area contributed by atoms with Gasteiger partial charge in [-0.05, 0) is 24.6 Å². The third kappa shape index (κ3) is 3.18. The van der Waals surface area contributed by atoms with E-state index >= 15 is 0 Å². The molecular weight excluding hydrogens is 360 g/mol. The Kier molecular flexibility index (Phi) is 4.53. The van der Waals surface area contributed by atoms with Crippen LogP contribution in [0.25, 0.3) is 0 Å². The third-order valence-corrected chi connectivity index (χ3v) is 3.98. The van der Waals surface area contributed by atoms with Crippen LogP contribution >= 0.6 is 31.9 Å². The highest BCUT2D eigenvalue weighted by Crippen LogP contribution is 2.26. The van der Waals surface area contributed by atoms with Crippen LogP contribution < -0.4 is 5.32 Å². The monoisotopic (exact) mass is 372 g/mol. The predicted octanol–water partition coefficient (Wildman–Crippen LogP) is 3.19. The summed E-state index contributed by atoms with van der Waals surface area (Å²) in [5, 5.41) is 11.3. The number of nitrogens with zero attached hydrogens (tertiary/aromatic N) is 3. The second-order valence-corrected chi connectivity index (χ2v) is 5.90. The molecule has 2 aromatic rings. The fourth-order valence-electron chi connectivity index (χ4n) is 1.67. The molecule has 18 heavy (non-hydrogen) atoms. The molecule has 0 aliphatic carbocycles. The molecule has 1 aromatic heterocycles. The summed E-state index contributed by atoms with van der Waals surface area (Å²) in [6, 6.07) is 6.43. The first-order valence-electron chi connectivity index (χ1n) is 5.59. The molecule has 0 spiro atoms. The highest BCUT2D eigenvalue weighted by molar-refractivity contribution is 9.11. The van der Waals surface area contributed by atoms with Crippen LogP contribution in [0.2, 0.25) is 0 Å². The maximum atomic E-state index is 4.05. The lowest BCUT2D eigenvalue weighted by Gasteiger charge is -2.15. The molecule has 0 amide bonds. The van der Waals surface area contributed by atoms with Crippen molar-refractivity contribution < 1.29 is 0 Å². The highest BCUT2D eigenvalue weighted by atomic mass is 79.9. The maximum absolute atomic E-state index is 4.05. The minimum absolute atomic E-state index is 0.240. The van der Waals surface area contributed by atoms with Crippen molar-refractivity contribution in [3.05, 3.63) is 44.9 Å². The van der Waals surface area contributed by atoms with Crippen molar-refractivity contribution in [2.75, 3.05) is 0 Å². The fourth-order valence-corrected chi connectivity index (χ4v) is 3.06. The maximum Gasteiger partial charge on any atom is 0.146 e. The zero-order chi connectivity index (χ0) is 13.1. The first-order chi connectivity index (χ1) is 8.58. The van der Waals surface area contributed by atoms with E-state index in [4.69, 9.17) is 0 Å². The van der Waals surface area contributed by atoms with Crippen molar-refractivity contribution in [3.8, 4) is 0 Å². The van der Waals surface area contributed by atoms with E-state index in [2.05, 4.69) is 66.4 Å². The van der Waals surface area contributed by atoms with E-state index in [0.29, 0.717) is 6.54 Å². The lowest BCUT2D eigenvalue weighted by molar-refractivity contribution is 0.546. The molecule has 1 atom stereocenters. The number of benzene rings is 1. The molecule has 0 bridgehead atoms. The molecule has 6 heteroatoms. The average Bonchev–Trinajstić information content (AvgIpc) is 2.72. The van der Waals surface area contributed by atoms with Crippen molar-refractivity contribution in [3.63, 3.8) is 0 Å². The molecule has 0 saturated heterocycles. The van der Waals surface area contributed by atoms with Crippen LogP contribution in [0.1, 0.15) is 24.4 Å². The van der Waals surface area contributed by atoms with E-state index in [1.807, 2.05) is 17.7 Å². The van der Waals surface area contributed by atoms with E-state index in [-0.39, 0.29) is 6.04 Å².